The number of aromatic nitrogens is 2. The van der Waals surface area contributed by atoms with Crippen LogP contribution in [0.2, 0.25) is 0 Å². The van der Waals surface area contributed by atoms with Gasteiger partial charge in [0.05, 0.1) is 23.2 Å². The molecule has 2 N–H and O–H groups in total. The van der Waals surface area contributed by atoms with Crippen LogP contribution in [0.3, 0.4) is 0 Å². The Labute approximate surface area is 244 Å². The van der Waals surface area contributed by atoms with Gasteiger partial charge in [0, 0.05) is 21.1 Å². The summed E-state index contributed by atoms with van der Waals surface area (Å²) in [6, 6.07) is 9.16. The highest BCUT2D eigenvalue weighted by Gasteiger charge is 2.42. The standard InChI is InChI=1S/C26H25F6IN4O2S/c1-14-10-15(12-36-20(26(30,31)32)11-19(35-36)25(27,28)29)8-9-18(14)37(24(2,3)13-40-4)23(39)16-6-5-7-17(33)21(16)22(34)38/h5-11H,12-13H2,1-4H3,(H2,34,38). The summed E-state index contributed by atoms with van der Waals surface area (Å²) in [5.74, 6) is -0.803. The van der Waals surface area contributed by atoms with Crippen molar-refractivity contribution in [3.8, 4) is 0 Å². The predicted octanol–water partition coefficient (Wildman–Crippen LogP) is 6.77. The van der Waals surface area contributed by atoms with E-state index in [-0.39, 0.29) is 27.4 Å². The van der Waals surface area contributed by atoms with Gasteiger partial charge in [-0.25, -0.2) is 0 Å². The molecule has 2 aromatic carbocycles. The average Bonchev–Trinajstić information content (AvgIpc) is 3.25. The van der Waals surface area contributed by atoms with Crippen molar-refractivity contribution in [1.29, 1.82) is 0 Å². The van der Waals surface area contributed by atoms with Crippen LogP contribution in [0, 0.1) is 10.5 Å². The van der Waals surface area contributed by atoms with E-state index < -0.39 is 47.6 Å². The lowest BCUT2D eigenvalue weighted by Crippen LogP contribution is -2.50. The van der Waals surface area contributed by atoms with Gasteiger partial charge in [-0.3, -0.25) is 14.3 Å². The van der Waals surface area contributed by atoms with Crippen LogP contribution >= 0.6 is 34.4 Å². The maximum Gasteiger partial charge on any atom is 0.435 e. The Morgan fingerprint density at radius 1 is 1.05 bits per heavy atom. The van der Waals surface area contributed by atoms with E-state index in [0.29, 0.717) is 20.6 Å². The molecular weight excluding hydrogens is 673 g/mol. The predicted molar refractivity (Wildman–Crippen MR) is 149 cm³/mol. The fourth-order valence-corrected chi connectivity index (χ4v) is 5.94. The number of carbonyl (C=O) groups excluding carboxylic acids is 2. The Kier molecular flexibility index (Phi) is 9.23. The quantitative estimate of drug-likeness (QED) is 0.208. The molecule has 0 radical (unpaired) electrons. The number of anilines is 1. The largest absolute Gasteiger partial charge is 0.435 e. The highest BCUT2D eigenvalue weighted by atomic mass is 127. The van der Waals surface area contributed by atoms with Crippen molar-refractivity contribution >= 4 is 51.9 Å². The highest BCUT2D eigenvalue weighted by Crippen LogP contribution is 2.37. The number of rotatable bonds is 8. The van der Waals surface area contributed by atoms with E-state index in [2.05, 4.69) is 5.10 Å². The molecule has 3 aromatic rings. The Balaban J connectivity index is 2.10. The minimum atomic E-state index is -5.05. The van der Waals surface area contributed by atoms with Crippen molar-refractivity contribution in [1.82, 2.24) is 9.78 Å². The minimum Gasteiger partial charge on any atom is -0.366 e. The summed E-state index contributed by atoms with van der Waals surface area (Å²) in [5, 5.41) is 3.16. The molecule has 3 rings (SSSR count). The Hall–Kier alpha value is -2.75. The van der Waals surface area contributed by atoms with E-state index >= 15 is 0 Å². The summed E-state index contributed by atoms with van der Waals surface area (Å²) in [6.45, 7) is 4.69. The van der Waals surface area contributed by atoms with Crippen molar-refractivity contribution in [3.05, 3.63) is 79.7 Å². The first-order valence-corrected chi connectivity index (χ1v) is 14.1. The van der Waals surface area contributed by atoms with Crippen molar-refractivity contribution in [2.45, 2.75) is 45.2 Å². The summed E-state index contributed by atoms with van der Waals surface area (Å²) in [5.41, 5.74) is 2.88. The van der Waals surface area contributed by atoms with Crippen molar-refractivity contribution < 1.29 is 35.9 Å². The summed E-state index contributed by atoms with van der Waals surface area (Å²) in [4.78, 5) is 27.7. The van der Waals surface area contributed by atoms with E-state index in [1.54, 1.807) is 19.1 Å². The number of thioether (sulfide) groups is 1. The van der Waals surface area contributed by atoms with E-state index in [4.69, 9.17) is 5.73 Å². The zero-order chi connectivity index (χ0) is 30.2. The fourth-order valence-electron chi connectivity index (χ4n) is 4.35. The number of halogens is 7. The summed E-state index contributed by atoms with van der Waals surface area (Å²) in [6.07, 6.45) is -8.24. The molecule has 1 aromatic heterocycles. The van der Waals surface area contributed by atoms with Crippen LogP contribution in [0.4, 0.5) is 32.0 Å². The molecule has 0 saturated carbocycles. The third kappa shape index (κ3) is 6.75. The molecule has 216 valence electrons. The number of nitrogens with two attached hydrogens (primary N) is 1. The van der Waals surface area contributed by atoms with Gasteiger partial charge in [-0.1, -0.05) is 18.2 Å². The van der Waals surface area contributed by atoms with Gasteiger partial charge in [0.1, 0.15) is 5.69 Å². The van der Waals surface area contributed by atoms with E-state index in [0.717, 1.165) is 0 Å². The number of primary amides is 1. The minimum absolute atomic E-state index is 0.0237. The molecule has 0 aliphatic rings. The molecule has 6 nitrogen and oxygen atoms in total. The van der Waals surface area contributed by atoms with Gasteiger partial charge in [-0.15, -0.1) is 0 Å². The molecular formula is C26H25F6IN4O2S. The summed E-state index contributed by atoms with van der Waals surface area (Å²) >= 11 is 3.39. The topological polar surface area (TPSA) is 81.2 Å². The maximum atomic E-state index is 14.0. The average molecular weight is 698 g/mol. The Morgan fingerprint density at radius 2 is 1.70 bits per heavy atom. The van der Waals surface area contributed by atoms with Gasteiger partial charge < -0.3 is 10.6 Å². The van der Waals surface area contributed by atoms with Crippen LogP contribution in [0.1, 0.15) is 57.1 Å². The molecule has 0 aliphatic heterocycles. The lowest BCUT2D eigenvalue weighted by molar-refractivity contribution is -0.144. The van der Waals surface area contributed by atoms with Crippen LogP contribution < -0.4 is 10.6 Å². The van der Waals surface area contributed by atoms with E-state index in [1.807, 2.05) is 42.7 Å². The van der Waals surface area contributed by atoms with Gasteiger partial charge in [0.2, 0.25) is 0 Å². The Morgan fingerprint density at radius 3 is 2.23 bits per heavy atom. The second kappa shape index (κ2) is 11.6. The van der Waals surface area contributed by atoms with Crippen LogP contribution in [-0.4, -0.2) is 39.1 Å². The molecule has 1 heterocycles. The van der Waals surface area contributed by atoms with Gasteiger partial charge in [-0.05, 0) is 78.9 Å². The molecule has 0 fully saturated rings. The fraction of sp³-hybridized carbons (Fsp3) is 0.346. The zero-order valence-electron chi connectivity index (χ0n) is 21.7. The molecule has 0 aliphatic carbocycles. The van der Waals surface area contributed by atoms with Gasteiger partial charge >= 0.3 is 12.4 Å². The van der Waals surface area contributed by atoms with Gasteiger partial charge in [0.25, 0.3) is 11.8 Å². The lowest BCUT2D eigenvalue weighted by atomic mass is 9.97. The number of hydrogen-bond donors (Lipinski definition) is 1. The van der Waals surface area contributed by atoms with E-state index in [9.17, 15) is 35.9 Å². The third-order valence-corrected chi connectivity index (χ3v) is 7.89. The first kappa shape index (κ1) is 31.8. The molecule has 2 amide bonds. The number of benzene rings is 2. The lowest BCUT2D eigenvalue weighted by Gasteiger charge is -2.39. The van der Waals surface area contributed by atoms with Crippen LogP contribution in [0.5, 0.6) is 0 Å². The number of hydrogen-bond acceptors (Lipinski definition) is 4. The molecule has 0 unspecified atom stereocenters. The number of amides is 2. The molecule has 14 heteroatoms. The number of carbonyl (C=O) groups is 2. The van der Waals surface area contributed by atoms with Crippen LogP contribution in [-0.2, 0) is 18.9 Å². The monoisotopic (exact) mass is 698 g/mol. The van der Waals surface area contributed by atoms with Crippen LogP contribution in [0.15, 0.2) is 42.5 Å². The zero-order valence-corrected chi connectivity index (χ0v) is 24.7. The van der Waals surface area contributed by atoms with Crippen molar-refractivity contribution in [2.24, 2.45) is 5.73 Å². The second-order valence-electron chi connectivity index (χ2n) is 9.60. The molecule has 0 spiro atoms. The first-order chi connectivity index (χ1) is 18.4. The summed E-state index contributed by atoms with van der Waals surface area (Å²) in [7, 11) is 0. The summed E-state index contributed by atoms with van der Waals surface area (Å²) < 4.78 is 80.4. The molecule has 40 heavy (non-hydrogen) atoms. The third-order valence-electron chi connectivity index (χ3n) is 5.99. The SMILES string of the molecule is CSCC(C)(C)N(C(=O)c1cccc(I)c1C(N)=O)c1ccc(Cn2nc(C(F)(F)F)cc2C(F)(F)F)cc1C. The molecule has 0 bridgehead atoms. The number of nitrogens with zero attached hydrogens (tertiary/aromatic N) is 3. The highest BCUT2D eigenvalue weighted by molar-refractivity contribution is 14.1. The molecule has 0 atom stereocenters. The number of aryl methyl sites for hydroxylation is 1. The maximum absolute atomic E-state index is 14.0. The first-order valence-electron chi connectivity index (χ1n) is 11.6. The Bertz CT molecular complexity index is 1440. The second-order valence-corrected chi connectivity index (χ2v) is 11.6. The number of alkyl halides is 6. The van der Waals surface area contributed by atoms with Crippen molar-refractivity contribution in [3.63, 3.8) is 0 Å². The smallest absolute Gasteiger partial charge is 0.366 e. The van der Waals surface area contributed by atoms with Crippen LogP contribution in [0.25, 0.3) is 0 Å². The van der Waals surface area contributed by atoms with Gasteiger partial charge in [0.15, 0.2) is 5.69 Å². The molecule has 0 saturated heterocycles. The normalized spacial score (nSPS) is 12.5. The van der Waals surface area contributed by atoms with E-state index in [1.165, 1.54) is 40.9 Å². The van der Waals surface area contributed by atoms with Gasteiger partial charge in [-0.2, -0.15) is 43.2 Å². The van der Waals surface area contributed by atoms with Crippen molar-refractivity contribution in [2.75, 3.05) is 16.9 Å².